The Morgan fingerprint density at radius 1 is 0.547 bits per heavy atom. The van der Waals surface area contributed by atoms with Crippen LogP contribution in [0.1, 0.15) is 50.5 Å². The summed E-state index contributed by atoms with van der Waals surface area (Å²) in [6.45, 7) is 0. The summed E-state index contributed by atoms with van der Waals surface area (Å²) in [5, 5.41) is 4.81. The third kappa shape index (κ3) is 5.06. The molecule has 8 aromatic rings. The smallest absolute Gasteiger partial charge is 0.159 e. The molecule has 3 aliphatic carbocycles. The van der Waals surface area contributed by atoms with Gasteiger partial charge in [0, 0.05) is 22.1 Å². The van der Waals surface area contributed by atoms with E-state index < -0.39 is 0 Å². The number of benzene rings is 7. The molecule has 7 aromatic carbocycles. The summed E-state index contributed by atoms with van der Waals surface area (Å²) in [6, 6.07) is 58.0. The topological polar surface area (TPSA) is 16.4 Å². The average Bonchev–Trinajstić information content (AvgIpc) is 3.60. The van der Waals surface area contributed by atoms with Crippen molar-refractivity contribution in [2.75, 3.05) is 4.90 Å². The van der Waals surface area contributed by atoms with Gasteiger partial charge >= 0.3 is 0 Å². The molecular formula is C51H43NO. The molecular weight excluding hydrogens is 643 g/mol. The van der Waals surface area contributed by atoms with E-state index in [0.717, 1.165) is 56.8 Å². The van der Waals surface area contributed by atoms with Crippen molar-refractivity contribution >= 4 is 49.8 Å². The third-order valence-corrected chi connectivity index (χ3v) is 13.3. The van der Waals surface area contributed by atoms with E-state index in [9.17, 15) is 0 Å². The first-order valence-corrected chi connectivity index (χ1v) is 19.7. The van der Waals surface area contributed by atoms with E-state index in [1.165, 1.54) is 78.0 Å². The summed E-state index contributed by atoms with van der Waals surface area (Å²) in [7, 11) is 0. The molecule has 0 saturated heterocycles. The van der Waals surface area contributed by atoms with Crippen LogP contribution < -0.4 is 4.90 Å². The van der Waals surface area contributed by atoms with Gasteiger partial charge in [0.15, 0.2) is 5.58 Å². The molecule has 0 aliphatic heterocycles. The normalized spacial score (nSPS) is 22.1. The first-order valence-electron chi connectivity index (χ1n) is 19.7. The van der Waals surface area contributed by atoms with Crippen molar-refractivity contribution in [3.8, 4) is 22.3 Å². The van der Waals surface area contributed by atoms with Crippen LogP contribution in [0.15, 0.2) is 162 Å². The Hall–Kier alpha value is -5.60. The molecule has 3 bridgehead atoms. The van der Waals surface area contributed by atoms with E-state index in [1.807, 2.05) is 0 Å². The van der Waals surface area contributed by atoms with Gasteiger partial charge < -0.3 is 9.32 Å². The van der Waals surface area contributed by atoms with Gasteiger partial charge in [0.05, 0.1) is 5.69 Å². The lowest BCUT2D eigenvalue weighted by atomic mass is 9.50. The molecule has 3 aliphatic rings. The fourth-order valence-corrected chi connectivity index (χ4v) is 11.0. The summed E-state index contributed by atoms with van der Waals surface area (Å²) in [5.74, 6) is 2.81. The van der Waals surface area contributed by atoms with Crippen LogP contribution in [0.4, 0.5) is 17.1 Å². The highest BCUT2D eigenvalue weighted by Crippen LogP contribution is 2.59. The van der Waals surface area contributed by atoms with Crippen molar-refractivity contribution in [2.45, 2.75) is 50.4 Å². The zero-order valence-corrected chi connectivity index (χ0v) is 30.0. The van der Waals surface area contributed by atoms with Gasteiger partial charge in [-0.05, 0) is 137 Å². The van der Waals surface area contributed by atoms with Gasteiger partial charge in [-0.15, -0.1) is 0 Å². The van der Waals surface area contributed by atoms with Gasteiger partial charge in [0.2, 0.25) is 0 Å². The predicted octanol–water partition coefficient (Wildman–Crippen LogP) is 14.4. The van der Waals surface area contributed by atoms with Crippen LogP contribution in [0.5, 0.6) is 0 Å². The highest BCUT2D eigenvalue weighted by molar-refractivity contribution is 6.11. The quantitative estimate of drug-likeness (QED) is 0.173. The molecule has 0 amide bonds. The summed E-state index contributed by atoms with van der Waals surface area (Å²) < 4.78 is 6.70. The number of furan rings is 1. The molecule has 1 heterocycles. The molecule has 4 atom stereocenters. The maximum atomic E-state index is 6.70. The first kappa shape index (κ1) is 31.0. The van der Waals surface area contributed by atoms with Gasteiger partial charge in [-0.1, -0.05) is 128 Å². The van der Waals surface area contributed by atoms with E-state index in [2.05, 4.69) is 163 Å². The number of rotatable bonds is 6. The van der Waals surface area contributed by atoms with Gasteiger partial charge in [-0.2, -0.15) is 0 Å². The molecule has 3 fully saturated rings. The number of hydrogen-bond donors (Lipinski definition) is 0. The van der Waals surface area contributed by atoms with Crippen molar-refractivity contribution in [3.63, 3.8) is 0 Å². The van der Waals surface area contributed by atoms with Gasteiger partial charge in [-0.25, -0.2) is 0 Å². The molecule has 4 unspecified atom stereocenters. The molecule has 1 aromatic heterocycles. The molecule has 53 heavy (non-hydrogen) atoms. The zero-order valence-electron chi connectivity index (χ0n) is 30.0. The number of hydrogen-bond acceptors (Lipinski definition) is 2. The maximum Gasteiger partial charge on any atom is 0.159 e. The van der Waals surface area contributed by atoms with Crippen LogP contribution in [-0.2, 0) is 5.41 Å². The molecule has 11 rings (SSSR count). The fraction of sp³-hybridized carbons (Fsp3) is 0.216. The van der Waals surface area contributed by atoms with Crippen molar-refractivity contribution in [3.05, 3.63) is 163 Å². The minimum absolute atomic E-state index is 0.345. The lowest BCUT2D eigenvalue weighted by molar-refractivity contribution is 0.00964. The lowest BCUT2D eigenvalue weighted by Crippen LogP contribution is -2.46. The van der Waals surface area contributed by atoms with Crippen LogP contribution in [0.3, 0.4) is 0 Å². The summed E-state index contributed by atoms with van der Waals surface area (Å²) >= 11 is 0. The van der Waals surface area contributed by atoms with Crippen molar-refractivity contribution in [2.24, 2.45) is 17.8 Å². The minimum atomic E-state index is 0.345. The fourth-order valence-electron chi connectivity index (χ4n) is 11.0. The molecule has 0 spiro atoms. The molecule has 258 valence electrons. The highest BCUT2D eigenvalue weighted by Gasteiger charge is 2.49. The van der Waals surface area contributed by atoms with Gasteiger partial charge in [0.1, 0.15) is 5.58 Å². The van der Waals surface area contributed by atoms with E-state index in [0.29, 0.717) is 5.41 Å². The third-order valence-electron chi connectivity index (χ3n) is 13.3. The second-order valence-corrected chi connectivity index (χ2v) is 16.2. The molecule has 2 heteroatoms. The standard InChI is InChI=1S/C51H43NO/c1-2-10-36(11-3-1)43-17-7-12-37-13-8-18-44(49(37)43)38-14-6-15-42(31-38)52(47-20-9-19-46-45-16-4-5-21-48(45)53-50(46)47)41-26-24-40(25-27-41)51-29-28-35-23-22-34(32-51)30-39(35)33-51/h1-21,24-27,31,34-35,39H,22-23,28-30,32-33H2. The van der Waals surface area contributed by atoms with Gasteiger partial charge in [0.25, 0.3) is 0 Å². The Bertz CT molecular complexity index is 2630. The maximum absolute atomic E-state index is 6.70. The summed E-state index contributed by atoms with van der Waals surface area (Å²) in [4.78, 5) is 2.42. The zero-order chi connectivity index (χ0) is 34.9. The predicted molar refractivity (Wildman–Crippen MR) is 221 cm³/mol. The number of nitrogens with zero attached hydrogens (tertiary/aromatic N) is 1. The van der Waals surface area contributed by atoms with Gasteiger partial charge in [-0.3, -0.25) is 0 Å². The van der Waals surface area contributed by atoms with Crippen LogP contribution in [-0.4, -0.2) is 0 Å². The van der Waals surface area contributed by atoms with Crippen LogP contribution in [0.25, 0.3) is 55.0 Å². The highest BCUT2D eigenvalue weighted by atomic mass is 16.3. The van der Waals surface area contributed by atoms with E-state index in [4.69, 9.17) is 4.42 Å². The van der Waals surface area contributed by atoms with E-state index in [1.54, 1.807) is 5.56 Å². The number of fused-ring (bicyclic) bond motifs is 6. The monoisotopic (exact) mass is 685 g/mol. The van der Waals surface area contributed by atoms with Crippen molar-refractivity contribution < 1.29 is 4.42 Å². The number of anilines is 3. The Morgan fingerprint density at radius 2 is 1.28 bits per heavy atom. The summed E-state index contributed by atoms with van der Waals surface area (Å²) in [6.07, 6.45) is 9.90. The molecule has 2 nitrogen and oxygen atoms in total. The lowest BCUT2D eigenvalue weighted by Gasteiger charge is -2.55. The van der Waals surface area contributed by atoms with E-state index in [-0.39, 0.29) is 0 Å². The second-order valence-electron chi connectivity index (χ2n) is 16.2. The Balaban J connectivity index is 1.07. The molecule has 3 saturated carbocycles. The Kier molecular flexibility index (Phi) is 7.15. The van der Waals surface area contributed by atoms with Crippen LogP contribution in [0.2, 0.25) is 0 Å². The Morgan fingerprint density at radius 3 is 2.15 bits per heavy atom. The first-order chi connectivity index (χ1) is 26.2. The molecule has 0 N–H and O–H groups in total. The average molecular weight is 686 g/mol. The second kappa shape index (κ2) is 12.2. The number of para-hydroxylation sites is 2. The largest absolute Gasteiger partial charge is 0.454 e. The van der Waals surface area contributed by atoms with Crippen molar-refractivity contribution in [1.29, 1.82) is 0 Å². The SMILES string of the molecule is c1ccc(-c2cccc3cccc(-c4cccc(N(c5ccc(C67CCC8CCC(CC8C6)C7)cc5)c5cccc6c5oc5ccccc56)c4)c23)cc1. The van der Waals surface area contributed by atoms with Crippen molar-refractivity contribution in [1.82, 2.24) is 0 Å². The molecule has 0 radical (unpaired) electrons. The minimum Gasteiger partial charge on any atom is -0.454 e. The Labute approximate surface area is 311 Å². The summed E-state index contributed by atoms with van der Waals surface area (Å²) in [5.41, 5.74) is 12.0. The van der Waals surface area contributed by atoms with E-state index >= 15 is 0 Å². The van der Waals surface area contributed by atoms with Crippen LogP contribution >= 0.6 is 0 Å². The van der Waals surface area contributed by atoms with Crippen LogP contribution in [0, 0.1) is 17.8 Å².